The zero-order valence-corrected chi connectivity index (χ0v) is 10.4. The maximum atomic E-state index is 2.55. The Bertz CT molecular complexity index is 266. The molecular formula is C14H23N. The molecule has 1 unspecified atom stereocenters. The molecule has 0 bridgehead atoms. The summed E-state index contributed by atoms with van der Waals surface area (Å²) in [6.07, 6.45) is 1.32. The van der Waals surface area contributed by atoms with Crippen LogP contribution in [-0.4, -0.2) is 17.5 Å². The Labute approximate surface area is 94.1 Å². The van der Waals surface area contributed by atoms with Gasteiger partial charge in [0.25, 0.3) is 0 Å². The van der Waals surface area contributed by atoms with Crippen LogP contribution in [-0.2, 0) is 0 Å². The number of nitrogens with zero attached hydrogens (tertiary/aromatic N) is 1. The fourth-order valence-electron chi connectivity index (χ4n) is 2.06. The fourth-order valence-corrected chi connectivity index (χ4v) is 2.06. The van der Waals surface area contributed by atoms with Gasteiger partial charge in [0.1, 0.15) is 0 Å². The van der Waals surface area contributed by atoms with Gasteiger partial charge in [0.15, 0.2) is 0 Å². The molecule has 84 valence electrons. The molecule has 0 N–H and O–H groups in total. The van der Waals surface area contributed by atoms with Crippen LogP contribution in [0.3, 0.4) is 0 Å². The third-order valence-electron chi connectivity index (χ3n) is 2.91. The van der Waals surface area contributed by atoms with Crippen LogP contribution < -0.4 is 0 Å². The lowest BCUT2D eigenvalue weighted by Gasteiger charge is -2.44. The zero-order valence-electron chi connectivity index (χ0n) is 10.4. The maximum Gasteiger partial charge on any atom is 0.0363 e. The van der Waals surface area contributed by atoms with E-state index in [1.54, 1.807) is 0 Å². The molecule has 1 aliphatic heterocycles. The molecule has 1 aliphatic rings. The summed E-state index contributed by atoms with van der Waals surface area (Å²) >= 11 is 0. The van der Waals surface area contributed by atoms with Gasteiger partial charge < -0.3 is 0 Å². The second-order valence-corrected chi connectivity index (χ2v) is 4.05. The smallest absolute Gasteiger partial charge is 0.0363 e. The van der Waals surface area contributed by atoms with Gasteiger partial charge in [0, 0.05) is 18.6 Å². The molecule has 0 amide bonds. The monoisotopic (exact) mass is 205 g/mol. The van der Waals surface area contributed by atoms with Crippen molar-refractivity contribution in [3.05, 3.63) is 35.9 Å². The molecule has 1 heterocycles. The first kappa shape index (κ1) is 12.3. The highest BCUT2D eigenvalue weighted by Gasteiger charge is 2.30. The number of benzene rings is 1. The van der Waals surface area contributed by atoms with Gasteiger partial charge in [-0.3, -0.25) is 4.90 Å². The van der Waals surface area contributed by atoms with Gasteiger partial charge in [-0.05, 0) is 25.8 Å². The predicted octanol–water partition coefficient (Wildman–Crippen LogP) is 3.87. The molecule has 1 fully saturated rings. The minimum atomic E-state index is 0.680. The minimum absolute atomic E-state index is 0.680. The van der Waals surface area contributed by atoms with Crippen molar-refractivity contribution in [1.82, 2.24) is 4.90 Å². The van der Waals surface area contributed by atoms with E-state index in [-0.39, 0.29) is 0 Å². The van der Waals surface area contributed by atoms with Crippen LogP contribution in [0.5, 0.6) is 0 Å². The maximum absolute atomic E-state index is 2.55. The van der Waals surface area contributed by atoms with Gasteiger partial charge >= 0.3 is 0 Å². The van der Waals surface area contributed by atoms with Crippen LogP contribution in [0.1, 0.15) is 45.7 Å². The molecule has 15 heavy (non-hydrogen) atoms. The van der Waals surface area contributed by atoms with E-state index in [1.807, 2.05) is 13.8 Å². The molecule has 0 aromatic heterocycles. The molecular weight excluding hydrogens is 182 g/mol. The zero-order chi connectivity index (χ0) is 11.3. The van der Waals surface area contributed by atoms with E-state index < -0.39 is 0 Å². The third kappa shape index (κ3) is 2.82. The molecule has 0 aliphatic carbocycles. The first-order chi connectivity index (χ1) is 7.29. The summed E-state index contributed by atoms with van der Waals surface area (Å²) in [7, 11) is 0. The van der Waals surface area contributed by atoms with Crippen molar-refractivity contribution in [2.24, 2.45) is 0 Å². The lowest BCUT2D eigenvalue weighted by Crippen LogP contribution is -2.45. The van der Waals surface area contributed by atoms with E-state index in [9.17, 15) is 0 Å². The van der Waals surface area contributed by atoms with Crippen molar-refractivity contribution in [2.75, 3.05) is 6.54 Å². The topological polar surface area (TPSA) is 3.24 Å². The molecule has 0 spiro atoms. The average molecular weight is 205 g/mol. The highest BCUT2D eigenvalue weighted by atomic mass is 15.2. The predicted molar refractivity (Wildman–Crippen MR) is 67.0 cm³/mol. The van der Waals surface area contributed by atoms with E-state index in [1.165, 1.54) is 18.5 Å². The van der Waals surface area contributed by atoms with E-state index in [0.717, 1.165) is 0 Å². The van der Waals surface area contributed by atoms with E-state index in [2.05, 4.69) is 49.1 Å². The number of hydrogen-bond donors (Lipinski definition) is 0. The van der Waals surface area contributed by atoms with Crippen LogP contribution in [0, 0.1) is 0 Å². The van der Waals surface area contributed by atoms with E-state index in [0.29, 0.717) is 12.1 Å². The van der Waals surface area contributed by atoms with Gasteiger partial charge in [0.2, 0.25) is 0 Å². The fraction of sp³-hybridized carbons (Fsp3) is 0.571. The first-order valence-corrected chi connectivity index (χ1v) is 6.09. The van der Waals surface area contributed by atoms with Crippen molar-refractivity contribution in [1.29, 1.82) is 0 Å². The van der Waals surface area contributed by atoms with Gasteiger partial charge in [-0.2, -0.15) is 0 Å². The van der Waals surface area contributed by atoms with Gasteiger partial charge in [-0.15, -0.1) is 0 Å². The number of rotatable bonds is 2. The molecule has 1 atom stereocenters. The summed E-state index contributed by atoms with van der Waals surface area (Å²) in [4.78, 5) is 2.55. The Morgan fingerprint density at radius 2 is 1.73 bits per heavy atom. The Morgan fingerprint density at radius 3 is 2.13 bits per heavy atom. The molecule has 0 saturated carbocycles. The van der Waals surface area contributed by atoms with Crippen LogP contribution in [0.2, 0.25) is 0 Å². The Kier molecular flexibility index (Phi) is 4.83. The highest BCUT2D eigenvalue weighted by molar-refractivity contribution is 5.21. The summed E-state index contributed by atoms with van der Waals surface area (Å²) in [6.45, 7) is 9.81. The third-order valence-corrected chi connectivity index (χ3v) is 2.91. The SMILES string of the molecule is CC.CC(C)N1CCC1c1ccccc1. The van der Waals surface area contributed by atoms with Crippen LogP contribution in [0.4, 0.5) is 0 Å². The summed E-state index contributed by atoms with van der Waals surface area (Å²) in [6, 6.07) is 12.2. The summed E-state index contributed by atoms with van der Waals surface area (Å²) in [5.41, 5.74) is 1.47. The van der Waals surface area contributed by atoms with Crippen LogP contribution in [0.25, 0.3) is 0 Å². The number of likely N-dealkylation sites (tertiary alicyclic amines) is 1. The highest BCUT2D eigenvalue weighted by Crippen LogP contribution is 2.34. The summed E-state index contributed by atoms with van der Waals surface area (Å²) in [5.74, 6) is 0. The summed E-state index contributed by atoms with van der Waals surface area (Å²) in [5, 5.41) is 0. The lowest BCUT2D eigenvalue weighted by molar-refractivity contribution is 0.0560. The molecule has 0 radical (unpaired) electrons. The van der Waals surface area contributed by atoms with Crippen molar-refractivity contribution >= 4 is 0 Å². The normalized spacial score (nSPS) is 20.5. The van der Waals surface area contributed by atoms with Crippen LogP contribution in [0.15, 0.2) is 30.3 Å². The van der Waals surface area contributed by atoms with Gasteiger partial charge in [0.05, 0.1) is 0 Å². The Morgan fingerprint density at radius 1 is 1.13 bits per heavy atom. The molecule has 1 aromatic carbocycles. The molecule has 1 nitrogen and oxygen atoms in total. The van der Waals surface area contributed by atoms with Gasteiger partial charge in [-0.1, -0.05) is 44.2 Å². The Balaban J connectivity index is 0.000000531. The molecule has 2 rings (SSSR count). The van der Waals surface area contributed by atoms with Crippen LogP contribution >= 0.6 is 0 Å². The van der Waals surface area contributed by atoms with Crippen molar-refractivity contribution < 1.29 is 0 Å². The summed E-state index contributed by atoms with van der Waals surface area (Å²) < 4.78 is 0. The average Bonchev–Trinajstić information content (AvgIpc) is 2.20. The lowest BCUT2D eigenvalue weighted by atomic mass is 9.93. The quantitative estimate of drug-likeness (QED) is 0.708. The largest absolute Gasteiger partial charge is 0.294 e. The second kappa shape index (κ2) is 5.92. The second-order valence-electron chi connectivity index (χ2n) is 4.05. The van der Waals surface area contributed by atoms with Crippen molar-refractivity contribution in [3.8, 4) is 0 Å². The molecule has 1 aromatic rings. The number of hydrogen-bond acceptors (Lipinski definition) is 1. The first-order valence-electron chi connectivity index (χ1n) is 6.09. The van der Waals surface area contributed by atoms with Gasteiger partial charge in [-0.25, -0.2) is 0 Å². The van der Waals surface area contributed by atoms with E-state index >= 15 is 0 Å². The Hall–Kier alpha value is -0.820. The van der Waals surface area contributed by atoms with Crippen molar-refractivity contribution in [2.45, 2.75) is 46.2 Å². The van der Waals surface area contributed by atoms with Crippen molar-refractivity contribution in [3.63, 3.8) is 0 Å². The minimum Gasteiger partial charge on any atom is -0.294 e. The standard InChI is InChI=1S/C12H17N.C2H6/c1-10(2)13-9-8-12(13)11-6-4-3-5-7-11;1-2/h3-7,10,12H,8-9H2,1-2H3;1-2H3. The van der Waals surface area contributed by atoms with E-state index in [4.69, 9.17) is 0 Å². The molecule has 1 heteroatoms. The molecule has 1 saturated heterocycles.